The minimum absolute atomic E-state index is 0.459. The molecule has 2 heterocycles. The molecule has 28 heavy (non-hydrogen) atoms. The molecule has 1 aliphatic carbocycles. The topological polar surface area (TPSA) is 54.2 Å². The fourth-order valence-electron chi connectivity index (χ4n) is 4.99. The third-order valence-corrected chi connectivity index (χ3v) is 6.45. The summed E-state index contributed by atoms with van der Waals surface area (Å²) < 4.78 is 0. The summed E-state index contributed by atoms with van der Waals surface area (Å²) in [5.41, 5.74) is 10.0. The van der Waals surface area contributed by atoms with Gasteiger partial charge in [0, 0.05) is 25.3 Å². The summed E-state index contributed by atoms with van der Waals surface area (Å²) in [6.07, 6.45) is 9.12. The SMILES string of the molecule is NCCCCN(C[C@H]1CC(c2ccccc2)CN1)[C@H]1CCCc2cccnc21. The predicted molar refractivity (Wildman–Crippen MR) is 115 cm³/mol. The molecule has 0 spiro atoms. The van der Waals surface area contributed by atoms with Crippen LogP contribution in [0.1, 0.15) is 60.9 Å². The van der Waals surface area contributed by atoms with E-state index in [4.69, 9.17) is 10.7 Å². The van der Waals surface area contributed by atoms with Crippen molar-refractivity contribution in [1.29, 1.82) is 0 Å². The molecule has 4 nitrogen and oxygen atoms in total. The first kappa shape index (κ1) is 19.6. The normalized spacial score (nSPS) is 24.4. The van der Waals surface area contributed by atoms with Crippen molar-refractivity contribution in [3.63, 3.8) is 0 Å². The maximum Gasteiger partial charge on any atom is 0.0607 e. The maximum absolute atomic E-state index is 5.77. The molecule has 3 N–H and O–H groups in total. The lowest BCUT2D eigenvalue weighted by Gasteiger charge is -2.36. The Morgan fingerprint density at radius 2 is 2.00 bits per heavy atom. The Morgan fingerprint density at radius 1 is 1.11 bits per heavy atom. The highest BCUT2D eigenvalue weighted by Crippen LogP contribution is 2.34. The van der Waals surface area contributed by atoms with Gasteiger partial charge in [0.25, 0.3) is 0 Å². The number of nitrogens with two attached hydrogens (primary N) is 1. The van der Waals surface area contributed by atoms with Gasteiger partial charge in [0.15, 0.2) is 0 Å². The van der Waals surface area contributed by atoms with E-state index >= 15 is 0 Å². The summed E-state index contributed by atoms with van der Waals surface area (Å²) in [4.78, 5) is 7.50. The minimum atomic E-state index is 0.459. The van der Waals surface area contributed by atoms with Crippen LogP contribution in [0.5, 0.6) is 0 Å². The van der Waals surface area contributed by atoms with Crippen LogP contribution in [-0.4, -0.2) is 42.1 Å². The van der Waals surface area contributed by atoms with E-state index < -0.39 is 0 Å². The van der Waals surface area contributed by atoms with Crippen molar-refractivity contribution in [2.45, 2.75) is 56.5 Å². The van der Waals surface area contributed by atoms with Gasteiger partial charge in [-0.05, 0) is 74.7 Å². The van der Waals surface area contributed by atoms with Crippen molar-refractivity contribution in [3.05, 3.63) is 65.5 Å². The number of unbranched alkanes of at least 4 members (excludes halogenated alkanes) is 1. The summed E-state index contributed by atoms with van der Waals surface area (Å²) in [5, 5.41) is 3.80. The molecule has 0 bridgehead atoms. The second kappa shape index (κ2) is 9.64. The highest BCUT2D eigenvalue weighted by Gasteiger charge is 2.31. The van der Waals surface area contributed by atoms with Crippen LogP contribution in [-0.2, 0) is 6.42 Å². The van der Waals surface area contributed by atoms with E-state index in [1.54, 1.807) is 0 Å². The summed E-state index contributed by atoms with van der Waals surface area (Å²) in [7, 11) is 0. The molecular formula is C24H34N4. The van der Waals surface area contributed by atoms with Gasteiger partial charge in [-0.3, -0.25) is 9.88 Å². The van der Waals surface area contributed by atoms with Crippen LogP contribution < -0.4 is 11.1 Å². The second-order valence-corrected chi connectivity index (χ2v) is 8.39. The molecule has 4 heteroatoms. The highest BCUT2D eigenvalue weighted by atomic mass is 15.2. The van der Waals surface area contributed by atoms with Crippen LogP contribution in [0, 0.1) is 0 Å². The second-order valence-electron chi connectivity index (χ2n) is 8.39. The fraction of sp³-hybridized carbons (Fsp3) is 0.542. The predicted octanol–water partition coefficient (Wildman–Crippen LogP) is 3.65. The van der Waals surface area contributed by atoms with Gasteiger partial charge in [-0.1, -0.05) is 36.4 Å². The van der Waals surface area contributed by atoms with Gasteiger partial charge < -0.3 is 11.1 Å². The van der Waals surface area contributed by atoms with Gasteiger partial charge in [-0.2, -0.15) is 0 Å². The Morgan fingerprint density at radius 3 is 2.86 bits per heavy atom. The molecule has 1 saturated heterocycles. The molecule has 1 fully saturated rings. The molecule has 0 radical (unpaired) electrons. The highest BCUT2D eigenvalue weighted by molar-refractivity contribution is 5.26. The Kier molecular flexibility index (Phi) is 6.73. The Hall–Kier alpha value is -1.75. The zero-order chi connectivity index (χ0) is 19.2. The molecule has 150 valence electrons. The van der Waals surface area contributed by atoms with Crippen molar-refractivity contribution >= 4 is 0 Å². The fourth-order valence-corrected chi connectivity index (χ4v) is 4.99. The molecule has 1 unspecified atom stereocenters. The van der Waals surface area contributed by atoms with E-state index in [-0.39, 0.29) is 0 Å². The number of nitrogens with zero attached hydrogens (tertiary/aromatic N) is 2. The Bertz CT molecular complexity index is 732. The van der Waals surface area contributed by atoms with E-state index in [0.29, 0.717) is 18.0 Å². The third-order valence-electron chi connectivity index (χ3n) is 6.45. The zero-order valence-electron chi connectivity index (χ0n) is 16.9. The van der Waals surface area contributed by atoms with Crippen LogP contribution in [0.2, 0.25) is 0 Å². The number of fused-ring (bicyclic) bond motifs is 1. The first-order valence-electron chi connectivity index (χ1n) is 11.0. The largest absolute Gasteiger partial charge is 0.330 e. The summed E-state index contributed by atoms with van der Waals surface area (Å²) in [6.45, 7) is 4.09. The molecule has 2 aliphatic rings. The number of pyridine rings is 1. The van der Waals surface area contributed by atoms with Gasteiger partial charge in [-0.25, -0.2) is 0 Å². The molecule has 2 aromatic rings. The van der Waals surface area contributed by atoms with Gasteiger partial charge in [0.05, 0.1) is 11.7 Å². The third kappa shape index (κ3) is 4.62. The van der Waals surface area contributed by atoms with E-state index in [1.807, 2.05) is 6.20 Å². The van der Waals surface area contributed by atoms with Gasteiger partial charge in [-0.15, -0.1) is 0 Å². The number of hydrogen-bond acceptors (Lipinski definition) is 4. The van der Waals surface area contributed by atoms with Crippen molar-refractivity contribution in [1.82, 2.24) is 15.2 Å². The average Bonchev–Trinajstić information content (AvgIpc) is 3.22. The van der Waals surface area contributed by atoms with Crippen molar-refractivity contribution < 1.29 is 0 Å². The molecular weight excluding hydrogens is 344 g/mol. The van der Waals surface area contributed by atoms with Gasteiger partial charge in [0.2, 0.25) is 0 Å². The quantitative estimate of drug-likeness (QED) is 0.689. The van der Waals surface area contributed by atoms with E-state index in [0.717, 1.165) is 32.6 Å². The van der Waals surface area contributed by atoms with Gasteiger partial charge >= 0.3 is 0 Å². The monoisotopic (exact) mass is 378 g/mol. The van der Waals surface area contributed by atoms with Crippen LogP contribution in [0.4, 0.5) is 0 Å². The zero-order valence-corrected chi connectivity index (χ0v) is 16.9. The van der Waals surface area contributed by atoms with E-state index in [2.05, 4.69) is 52.7 Å². The molecule has 3 atom stereocenters. The lowest BCUT2D eigenvalue weighted by molar-refractivity contribution is 0.157. The van der Waals surface area contributed by atoms with E-state index in [1.165, 1.54) is 48.9 Å². The van der Waals surface area contributed by atoms with Crippen LogP contribution in [0.3, 0.4) is 0 Å². The van der Waals surface area contributed by atoms with Crippen LogP contribution >= 0.6 is 0 Å². The van der Waals surface area contributed by atoms with Crippen molar-refractivity contribution in [3.8, 4) is 0 Å². The maximum atomic E-state index is 5.77. The average molecular weight is 379 g/mol. The van der Waals surface area contributed by atoms with Gasteiger partial charge in [0.1, 0.15) is 0 Å². The first-order valence-corrected chi connectivity index (χ1v) is 11.0. The van der Waals surface area contributed by atoms with Crippen molar-refractivity contribution in [2.24, 2.45) is 5.73 Å². The minimum Gasteiger partial charge on any atom is -0.330 e. The summed E-state index contributed by atoms with van der Waals surface area (Å²) >= 11 is 0. The molecule has 1 aromatic carbocycles. The number of hydrogen-bond donors (Lipinski definition) is 2. The van der Waals surface area contributed by atoms with Crippen LogP contribution in [0.25, 0.3) is 0 Å². The van der Waals surface area contributed by atoms with Crippen LogP contribution in [0.15, 0.2) is 48.7 Å². The summed E-state index contributed by atoms with van der Waals surface area (Å²) in [6, 6.07) is 16.3. The standard InChI is InChI=1S/C24H34N4/c25-13-4-5-15-28(23-12-6-10-20-11-7-14-26-24(20)23)18-22-16-21(17-27-22)19-8-2-1-3-9-19/h1-3,7-9,11,14,21-23,27H,4-6,10,12-13,15-18,25H2/t21?,22-,23+/m1/s1. The number of aryl methyl sites for hydroxylation is 1. The molecule has 4 rings (SSSR count). The molecule has 1 aromatic heterocycles. The number of aromatic nitrogens is 1. The number of benzene rings is 1. The number of rotatable bonds is 8. The first-order chi connectivity index (χ1) is 13.8. The molecule has 1 aliphatic heterocycles. The number of nitrogens with one attached hydrogen (secondary N) is 1. The molecule has 0 amide bonds. The summed E-state index contributed by atoms with van der Waals surface area (Å²) in [5.74, 6) is 0.633. The smallest absolute Gasteiger partial charge is 0.0607 e. The Labute approximate surface area is 169 Å². The van der Waals surface area contributed by atoms with Crippen molar-refractivity contribution in [2.75, 3.05) is 26.2 Å². The van der Waals surface area contributed by atoms with E-state index in [9.17, 15) is 0 Å². The lowest BCUT2D eigenvalue weighted by atomic mass is 9.90. The molecule has 0 saturated carbocycles. The Balaban J connectivity index is 1.45. The lowest BCUT2D eigenvalue weighted by Crippen LogP contribution is -2.41.